The van der Waals surface area contributed by atoms with Crippen LogP contribution in [0.3, 0.4) is 0 Å². The van der Waals surface area contributed by atoms with Crippen LogP contribution in [0.5, 0.6) is 0 Å². The molecule has 1 aromatic rings. The molecule has 2 atom stereocenters. The second kappa shape index (κ2) is 6.25. The van der Waals surface area contributed by atoms with E-state index in [1.807, 2.05) is 18.2 Å². The molecule has 1 heterocycles. The summed E-state index contributed by atoms with van der Waals surface area (Å²) >= 11 is 12.4. The van der Waals surface area contributed by atoms with E-state index >= 15 is 0 Å². The van der Waals surface area contributed by atoms with E-state index < -0.39 is 0 Å². The van der Waals surface area contributed by atoms with Crippen molar-refractivity contribution in [1.82, 2.24) is 4.90 Å². The van der Waals surface area contributed by atoms with Gasteiger partial charge in [0.15, 0.2) is 0 Å². The number of hydrogen-bond donors (Lipinski definition) is 1. The van der Waals surface area contributed by atoms with Crippen molar-refractivity contribution in [2.24, 2.45) is 5.73 Å². The fraction of sp³-hybridized carbons (Fsp3) is 0.571. The van der Waals surface area contributed by atoms with E-state index in [-0.39, 0.29) is 12.1 Å². The zero-order chi connectivity index (χ0) is 13.1. The highest BCUT2D eigenvalue weighted by molar-refractivity contribution is 6.33. The van der Waals surface area contributed by atoms with Crippen molar-refractivity contribution >= 4 is 23.2 Å². The van der Waals surface area contributed by atoms with E-state index in [9.17, 15) is 0 Å². The largest absolute Gasteiger partial charge is 0.326 e. The first-order valence-electron chi connectivity index (χ1n) is 6.58. The predicted octanol–water partition coefficient (Wildman–Crippen LogP) is 3.87. The number of halogens is 2. The standard InChI is InChI=1S/C14H20Cl2N2/c1-2-18-8-4-3-5-13(17)14(18)11-9-10(15)6-7-12(11)16/h6-7,9,13-14H,2-5,8,17H2,1H3. The van der Waals surface area contributed by atoms with Crippen LogP contribution in [0, 0.1) is 0 Å². The molecule has 0 aromatic heterocycles. The number of likely N-dealkylation sites (tertiary alicyclic amines) is 1. The molecule has 1 aliphatic rings. The highest BCUT2D eigenvalue weighted by Crippen LogP contribution is 2.34. The van der Waals surface area contributed by atoms with Crippen molar-refractivity contribution in [2.75, 3.05) is 13.1 Å². The molecule has 0 aliphatic carbocycles. The minimum absolute atomic E-state index is 0.128. The summed E-state index contributed by atoms with van der Waals surface area (Å²) in [6.45, 7) is 4.24. The van der Waals surface area contributed by atoms with Gasteiger partial charge in [-0.1, -0.05) is 36.5 Å². The Bertz CT molecular complexity index is 409. The van der Waals surface area contributed by atoms with Crippen molar-refractivity contribution in [3.63, 3.8) is 0 Å². The van der Waals surface area contributed by atoms with Crippen molar-refractivity contribution < 1.29 is 0 Å². The third-order valence-electron chi connectivity index (χ3n) is 3.71. The van der Waals surface area contributed by atoms with E-state index in [1.165, 1.54) is 12.8 Å². The molecule has 2 rings (SSSR count). The summed E-state index contributed by atoms with van der Waals surface area (Å²) in [4.78, 5) is 2.41. The van der Waals surface area contributed by atoms with E-state index in [1.54, 1.807) is 0 Å². The van der Waals surface area contributed by atoms with Gasteiger partial charge in [-0.2, -0.15) is 0 Å². The van der Waals surface area contributed by atoms with Crippen LogP contribution in [0.25, 0.3) is 0 Å². The quantitative estimate of drug-likeness (QED) is 0.894. The highest BCUT2D eigenvalue weighted by atomic mass is 35.5. The average Bonchev–Trinajstić information content (AvgIpc) is 2.54. The van der Waals surface area contributed by atoms with Crippen molar-refractivity contribution in [3.8, 4) is 0 Å². The van der Waals surface area contributed by atoms with Crippen LogP contribution in [0.1, 0.15) is 37.8 Å². The third-order valence-corrected chi connectivity index (χ3v) is 4.29. The number of rotatable bonds is 2. The topological polar surface area (TPSA) is 29.3 Å². The van der Waals surface area contributed by atoms with Gasteiger partial charge in [-0.05, 0) is 49.7 Å². The second-order valence-electron chi connectivity index (χ2n) is 4.90. The van der Waals surface area contributed by atoms with Gasteiger partial charge in [0.25, 0.3) is 0 Å². The maximum atomic E-state index is 6.35. The highest BCUT2D eigenvalue weighted by Gasteiger charge is 2.29. The normalized spacial score (nSPS) is 26.0. The number of likely N-dealkylation sites (N-methyl/N-ethyl adjacent to an activating group) is 1. The molecule has 18 heavy (non-hydrogen) atoms. The molecule has 0 saturated carbocycles. The van der Waals surface area contributed by atoms with Crippen LogP contribution in [0.4, 0.5) is 0 Å². The number of benzene rings is 1. The Kier molecular flexibility index (Phi) is 4.91. The lowest BCUT2D eigenvalue weighted by Gasteiger charge is -2.33. The van der Waals surface area contributed by atoms with Crippen LogP contribution >= 0.6 is 23.2 Å². The number of nitrogens with two attached hydrogens (primary N) is 1. The summed E-state index contributed by atoms with van der Waals surface area (Å²) in [5.41, 5.74) is 7.42. The maximum Gasteiger partial charge on any atom is 0.0514 e. The minimum atomic E-state index is 0.128. The molecular formula is C14H20Cl2N2. The summed E-state index contributed by atoms with van der Waals surface area (Å²) < 4.78 is 0. The van der Waals surface area contributed by atoms with E-state index in [0.717, 1.165) is 35.1 Å². The molecule has 0 spiro atoms. The van der Waals surface area contributed by atoms with Gasteiger partial charge in [-0.3, -0.25) is 4.90 Å². The Hall–Kier alpha value is -0.280. The van der Waals surface area contributed by atoms with Crippen LogP contribution in [-0.2, 0) is 0 Å². The maximum absolute atomic E-state index is 6.35. The van der Waals surface area contributed by atoms with Crippen LogP contribution in [0.2, 0.25) is 10.0 Å². The molecule has 1 aromatic carbocycles. The van der Waals surface area contributed by atoms with Gasteiger partial charge < -0.3 is 5.73 Å². The molecule has 1 aliphatic heterocycles. The molecule has 1 fully saturated rings. The van der Waals surface area contributed by atoms with Gasteiger partial charge in [0.05, 0.1) is 6.04 Å². The fourth-order valence-corrected chi connectivity index (χ4v) is 3.20. The Morgan fingerprint density at radius 2 is 2.11 bits per heavy atom. The lowest BCUT2D eigenvalue weighted by molar-refractivity contribution is 0.195. The summed E-state index contributed by atoms with van der Waals surface area (Å²) in [6, 6.07) is 5.96. The van der Waals surface area contributed by atoms with Crippen molar-refractivity contribution in [1.29, 1.82) is 0 Å². The predicted molar refractivity (Wildman–Crippen MR) is 78.3 cm³/mol. The van der Waals surface area contributed by atoms with Crippen molar-refractivity contribution in [2.45, 2.75) is 38.3 Å². The van der Waals surface area contributed by atoms with E-state index in [2.05, 4.69) is 11.8 Å². The summed E-state index contributed by atoms with van der Waals surface area (Å²) in [5.74, 6) is 0. The molecule has 0 amide bonds. The smallest absolute Gasteiger partial charge is 0.0514 e. The summed E-state index contributed by atoms with van der Waals surface area (Å²) in [6.07, 6.45) is 3.44. The first-order chi connectivity index (χ1) is 8.63. The Morgan fingerprint density at radius 1 is 1.33 bits per heavy atom. The zero-order valence-corrected chi connectivity index (χ0v) is 12.2. The first kappa shape index (κ1) is 14.1. The molecule has 2 unspecified atom stereocenters. The van der Waals surface area contributed by atoms with Crippen LogP contribution in [-0.4, -0.2) is 24.0 Å². The van der Waals surface area contributed by atoms with Gasteiger partial charge in [0, 0.05) is 16.1 Å². The number of nitrogens with zero attached hydrogens (tertiary/aromatic N) is 1. The van der Waals surface area contributed by atoms with Crippen LogP contribution < -0.4 is 5.73 Å². The first-order valence-corrected chi connectivity index (χ1v) is 7.33. The minimum Gasteiger partial charge on any atom is -0.326 e. The average molecular weight is 287 g/mol. The lowest BCUT2D eigenvalue weighted by Crippen LogP contribution is -2.39. The molecular weight excluding hydrogens is 267 g/mol. The second-order valence-corrected chi connectivity index (χ2v) is 5.74. The molecule has 2 N–H and O–H groups in total. The molecule has 100 valence electrons. The number of hydrogen-bond acceptors (Lipinski definition) is 2. The van der Waals surface area contributed by atoms with E-state index in [4.69, 9.17) is 28.9 Å². The molecule has 4 heteroatoms. The summed E-state index contributed by atoms with van der Waals surface area (Å²) in [7, 11) is 0. The Balaban J connectivity index is 2.39. The van der Waals surface area contributed by atoms with Crippen LogP contribution in [0.15, 0.2) is 18.2 Å². The molecule has 1 saturated heterocycles. The fourth-order valence-electron chi connectivity index (χ4n) is 2.79. The molecule has 0 bridgehead atoms. The van der Waals surface area contributed by atoms with Gasteiger partial charge >= 0.3 is 0 Å². The van der Waals surface area contributed by atoms with Gasteiger partial charge in [-0.25, -0.2) is 0 Å². The van der Waals surface area contributed by atoms with E-state index in [0.29, 0.717) is 0 Å². The van der Waals surface area contributed by atoms with Gasteiger partial charge in [0.1, 0.15) is 0 Å². The van der Waals surface area contributed by atoms with Gasteiger partial charge in [-0.15, -0.1) is 0 Å². The Morgan fingerprint density at radius 3 is 2.83 bits per heavy atom. The molecule has 2 nitrogen and oxygen atoms in total. The zero-order valence-electron chi connectivity index (χ0n) is 10.7. The van der Waals surface area contributed by atoms with Crippen molar-refractivity contribution in [3.05, 3.63) is 33.8 Å². The lowest BCUT2D eigenvalue weighted by atomic mass is 9.96. The Labute approximate surface area is 119 Å². The third kappa shape index (κ3) is 3.00. The monoisotopic (exact) mass is 286 g/mol. The molecule has 0 radical (unpaired) electrons. The SMILES string of the molecule is CCN1CCCCC(N)C1c1cc(Cl)ccc1Cl. The summed E-state index contributed by atoms with van der Waals surface area (Å²) in [5, 5.41) is 1.49. The van der Waals surface area contributed by atoms with Gasteiger partial charge in [0.2, 0.25) is 0 Å².